The molecule has 0 fully saturated rings. The minimum Gasteiger partial charge on any atom is -0.345 e. The molecule has 0 aliphatic heterocycles. The molecule has 0 atom stereocenters. The van der Waals surface area contributed by atoms with E-state index in [1.807, 2.05) is 30.3 Å². The van der Waals surface area contributed by atoms with Gasteiger partial charge in [0.15, 0.2) is 0 Å². The molecule has 6 heteroatoms. The normalized spacial score (nSPS) is 10.4. The number of carbonyl (C=O) groups excluding carboxylic acids is 2. The molecule has 0 spiro atoms. The van der Waals surface area contributed by atoms with E-state index in [2.05, 4.69) is 20.8 Å². The van der Waals surface area contributed by atoms with Crippen molar-refractivity contribution >= 4 is 22.8 Å². The molecule has 0 aliphatic rings. The van der Waals surface area contributed by atoms with Crippen molar-refractivity contribution in [2.75, 3.05) is 0 Å². The number of nitrogens with one attached hydrogen (secondary N) is 3. The van der Waals surface area contributed by atoms with Gasteiger partial charge in [-0.2, -0.15) is 0 Å². The quantitative estimate of drug-likeness (QED) is 0.641. The van der Waals surface area contributed by atoms with Crippen LogP contribution in [0.1, 0.15) is 15.9 Å². The molecule has 3 rings (SSSR count). The van der Waals surface area contributed by atoms with Crippen LogP contribution in [-0.4, -0.2) is 21.8 Å². The van der Waals surface area contributed by atoms with Gasteiger partial charge in [-0.25, -0.2) is 4.98 Å². The SMILES string of the molecule is O=C(Cc1ccccc1)NNC(=O)c1ccc2nc[nH]c2c1. The summed E-state index contributed by atoms with van der Waals surface area (Å²) in [6, 6.07) is 14.4. The van der Waals surface area contributed by atoms with Crippen LogP contribution >= 0.6 is 0 Å². The molecule has 1 heterocycles. The lowest BCUT2D eigenvalue weighted by Crippen LogP contribution is -2.42. The first-order valence-corrected chi connectivity index (χ1v) is 6.78. The lowest BCUT2D eigenvalue weighted by molar-refractivity contribution is -0.121. The predicted molar refractivity (Wildman–Crippen MR) is 81.8 cm³/mol. The lowest BCUT2D eigenvalue weighted by atomic mass is 10.1. The maximum absolute atomic E-state index is 12.0. The lowest BCUT2D eigenvalue weighted by Gasteiger charge is -2.07. The third kappa shape index (κ3) is 3.12. The second kappa shape index (κ2) is 6.09. The van der Waals surface area contributed by atoms with Gasteiger partial charge < -0.3 is 4.98 Å². The first-order valence-electron chi connectivity index (χ1n) is 6.78. The topological polar surface area (TPSA) is 86.9 Å². The summed E-state index contributed by atoms with van der Waals surface area (Å²) >= 11 is 0. The molecule has 0 bridgehead atoms. The third-order valence-corrected chi connectivity index (χ3v) is 3.21. The van der Waals surface area contributed by atoms with Crippen LogP contribution in [0.15, 0.2) is 54.9 Å². The van der Waals surface area contributed by atoms with Crippen LogP contribution in [0.4, 0.5) is 0 Å². The minimum atomic E-state index is -0.377. The molecule has 6 nitrogen and oxygen atoms in total. The van der Waals surface area contributed by atoms with Crippen LogP contribution in [0.2, 0.25) is 0 Å². The van der Waals surface area contributed by atoms with Crippen molar-refractivity contribution in [2.45, 2.75) is 6.42 Å². The predicted octanol–water partition coefficient (Wildman–Crippen LogP) is 1.57. The van der Waals surface area contributed by atoms with Crippen LogP contribution in [0, 0.1) is 0 Å². The van der Waals surface area contributed by atoms with E-state index in [0.717, 1.165) is 16.6 Å². The number of aromatic amines is 1. The van der Waals surface area contributed by atoms with Crippen molar-refractivity contribution in [3.8, 4) is 0 Å². The maximum Gasteiger partial charge on any atom is 0.269 e. The highest BCUT2D eigenvalue weighted by Crippen LogP contribution is 2.11. The van der Waals surface area contributed by atoms with Gasteiger partial charge >= 0.3 is 0 Å². The number of fused-ring (bicyclic) bond motifs is 1. The second-order valence-corrected chi connectivity index (χ2v) is 4.80. The Morgan fingerprint density at radius 2 is 1.86 bits per heavy atom. The van der Waals surface area contributed by atoms with Crippen molar-refractivity contribution < 1.29 is 9.59 Å². The van der Waals surface area contributed by atoms with Gasteiger partial charge in [0.1, 0.15) is 0 Å². The number of benzene rings is 2. The van der Waals surface area contributed by atoms with Crippen molar-refractivity contribution in [1.82, 2.24) is 20.8 Å². The molecule has 110 valence electrons. The summed E-state index contributed by atoms with van der Waals surface area (Å²) in [4.78, 5) is 30.8. The second-order valence-electron chi connectivity index (χ2n) is 4.80. The fourth-order valence-corrected chi connectivity index (χ4v) is 2.10. The zero-order valence-electron chi connectivity index (χ0n) is 11.7. The Balaban J connectivity index is 1.58. The number of rotatable bonds is 3. The number of H-pyrrole nitrogens is 1. The molecule has 0 saturated carbocycles. The molecular formula is C16H14N4O2. The molecule has 2 amide bonds. The van der Waals surface area contributed by atoms with E-state index < -0.39 is 0 Å². The van der Waals surface area contributed by atoms with Gasteiger partial charge in [-0.05, 0) is 23.8 Å². The molecule has 1 aromatic heterocycles. The molecule has 0 aliphatic carbocycles. The smallest absolute Gasteiger partial charge is 0.269 e. The number of amides is 2. The van der Waals surface area contributed by atoms with Crippen LogP contribution in [-0.2, 0) is 11.2 Å². The van der Waals surface area contributed by atoms with Crippen molar-refractivity contribution in [1.29, 1.82) is 0 Å². The van der Waals surface area contributed by atoms with E-state index in [4.69, 9.17) is 0 Å². The zero-order valence-corrected chi connectivity index (χ0v) is 11.7. The van der Waals surface area contributed by atoms with E-state index in [1.54, 1.807) is 24.5 Å². The number of aromatic nitrogens is 2. The Morgan fingerprint density at radius 1 is 1.05 bits per heavy atom. The molecule has 0 saturated heterocycles. The highest BCUT2D eigenvalue weighted by Gasteiger charge is 2.09. The van der Waals surface area contributed by atoms with Gasteiger partial charge in [0.25, 0.3) is 5.91 Å². The van der Waals surface area contributed by atoms with E-state index in [0.29, 0.717) is 5.56 Å². The Hall–Kier alpha value is -3.15. The van der Waals surface area contributed by atoms with E-state index in [1.165, 1.54) is 0 Å². The highest BCUT2D eigenvalue weighted by molar-refractivity contribution is 5.98. The summed E-state index contributed by atoms with van der Waals surface area (Å²) in [5.41, 5.74) is 7.68. The summed E-state index contributed by atoms with van der Waals surface area (Å²) in [7, 11) is 0. The summed E-state index contributed by atoms with van der Waals surface area (Å²) in [5, 5.41) is 0. The average molecular weight is 294 g/mol. The fraction of sp³-hybridized carbons (Fsp3) is 0.0625. The number of nitrogens with zero attached hydrogens (tertiary/aromatic N) is 1. The number of hydrogen-bond donors (Lipinski definition) is 3. The molecule has 3 aromatic rings. The molecule has 3 N–H and O–H groups in total. The maximum atomic E-state index is 12.0. The molecule has 0 unspecified atom stereocenters. The molecule has 2 aromatic carbocycles. The minimum absolute atomic E-state index is 0.209. The number of hydrogen-bond acceptors (Lipinski definition) is 3. The Morgan fingerprint density at radius 3 is 2.68 bits per heavy atom. The van der Waals surface area contributed by atoms with Gasteiger partial charge in [0.2, 0.25) is 5.91 Å². The zero-order chi connectivity index (χ0) is 15.4. The summed E-state index contributed by atoms with van der Waals surface area (Å²) in [6.45, 7) is 0. The number of imidazole rings is 1. The van der Waals surface area contributed by atoms with E-state index in [9.17, 15) is 9.59 Å². The monoisotopic (exact) mass is 294 g/mol. The average Bonchev–Trinajstić information content (AvgIpc) is 3.01. The van der Waals surface area contributed by atoms with E-state index >= 15 is 0 Å². The van der Waals surface area contributed by atoms with Crippen molar-refractivity contribution in [3.05, 3.63) is 66.0 Å². The fourth-order valence-electron chi connectivity index (χ4n) is 2.10. The Bertz CT molecular complexity index is 811. The third-order valence-electron chi connectivity index (χ3n) is 3.21. The van der Waals surface area contributed by atoms with Gasteiger partial charge in [0.05, 0.1) is 23.8 Å². The van der Waals surface area contributed by atoms with Crippen LogP contribution in [0.3, 0.4) is 0 Å². The molecular weight excluding hydrogens is 280 g/mol. The Kier molecular flexibility index (Phi) is 3.82. The number of hydrazine groups is 1. The van der Waals surface area contributed by atoms with Crippen LogP contribution < -0.4 is 10.9 Å². The number of carbonyl (C=O) groups is 2. The van der Waals surface area contributed by atoms with Gasteiger partial charge in [-0.1, -0.05) is 30.3 Å². The molecule has 0 radical (unpaired) electrons. The largest absolute Gasteiger partial charge is 0.345 e. The first-order chi connectivity index (χ1) is 10.7. The van der Waals surface area contributed by atoms with Gasteiger partial charge in [0, 0.05) is 5.56 Å². The Labute approximate surface area is 126 Å². The van der Waals surface area contributed by atoms with Crippen molar-refractivity contribution in [3.63, 3.8) is 0 Å². The van der Waals surface area contributed by atoms with Crippen LogP contribution in [0.25, 0.3) is 11.0 Å². The van der Waals surface area contributed by atoms with E-state index in [-0.39, 0.29) is 18.2 Å². The summed E-state index contributed by atoms with van der Waals surface area (Å²) in [6.07, 6.45) is 1.77. The van der Waals surface area contributed by atoms with Crippen molar-refractivity contribution in [2.24, 2.45) is 0 Å². The highest BCUT2D eigenvalue weighted by atomic mass is 16.2. The van der Waals surface area contributed by atoms with Crippen LogP contribution in [0.5, 0.6) is 0 Å². The standard InChI is InChI=1S/C16H14N4O2/c21-15(8-11-4-2-1-3-5-11)19-20-16(22)12-6-7-13-14(9-12)18-10-17-13/h1-7,9-10H,8H2,(H,17,18)(H,19,21)(H,20,22). The van der Waals surface area contributed by atoms with Gasteiger partial charge in [-0.3, -0.25) is 20.4 Å². The van der Waals surface area contributed by atoms with Gasteiger partial charge in [-0.15, -0.1) is 0 Å². The first kappa shape index (κ1) is 13.8. The summed E-state index contributed by atoms with van der Waals surface area (Å²) in [5.74, 6) is -0.653. The molecule has 22 heavy (non-hydrogen) atoms. The summed E-state index contributed by atoms with van der Waals surface area (Å²) < 4.78 is 0.